The highest BCUT2D eigenvalue weighted by Crippen LogP contribution is 2.11. The lowest BCUT2D eigenvalue weighted by Crippen LogP contribution is -2.15. The summed E-state index contributed by atoms with van der Waals surface area (Å²) in [7, 11) is 0. The van der Waals surface area contributed by atoms with E-state index < -0.39 is 11.9 Å². The second kappa shape index (κ2) is 6.03. The molecule has 0 radical (unpaired) electrons. The Labute approximate surface area is 100 Å². The predicted molar refractivity (Wildman–Crippen MR) is 63.1 cm³/mol. The Kier molecular flexibility index (Phi) is 4.69. The molecule has 1 aromatic carbocycles. The van der Waals surface area contributed by atoms with E-state index in [4.69, 9.17) is 9.84 Å². The van der Waals surface area contributed by atoms with Gasteiger partial charge in [-0.3, -0.25) is 0 Å². The van der Waals surface area contributed by atoms with Crippen LogP contribution in [0.25, 0.3) is 0 Å². The zero-order valence-corrected chi connectivity index (χ0v) is 9.97. The number of hydrogen-bond donors (Lipinski definition) is 1. The van der Waals surface area contributed by atoms with E-state index in [9.17, 15) is 9.59 Å². The smallest absolute Gasteiger partial charge is 0.339 e. The lowest BCUT2D eigenvalue weighted by atomic mass is 10.1. The van der Waals surface area contributed by atoms with Crippen LogP contribution in [-0.4, -0.2) is 23.7 Å². The summed E-state index contributed by atoms with van der Waals surface area (Å²) in [5, 5.41) is 8.93. The molecule has 1 N–H and O–H groups in total. The van der Waals surface area contributed by atoms with Crippen LogP contribution in [0.4, 0.5) is 0 Å². The number of carboxylic acid groups (broad SMARTS) is 1. The van der Waals surface area contributed by atoms with Crippen LogP contribution in [-0.2, 0) is 4.74 Å². The van der Waals surface area contributed by atoms with Gasteiger partial charge in [-0.25, -0.2) is 9.59 Å². The van der Waals surface area contributed by atoms with Crippen LogP contribution in [0.2, 0.25) is 0 Å². The highest BCUT2D eigenvalue weighted by Gasteiger charge is 2.17. The molecule has 0 aromatic heterocycles. The van der Waals surface area contributed by atoms with Gasteiger partial charge in [0, 0.05) is 0 Å². The van der Waals surface area contributed by atoms with Crippen molar-refractivity contribution in [3.05, 3.63) is 35.4 Å². The molecule has 0 aliphatic heterocycles. The third-order valence-corrected chi connectivity index (χ3v) is 2.57. The third kappa shape index (κ3) is 3.59. The molecule has 0 saturated heterocycles. The van der Waals surface area contributed by atoms with Crippen molar-refractivity contribution in [3.63, 3.8) is 0 Å². The molecule has 1 unspecified atom stereocenters. The fourth-order valence-electron chi connectivity index (χ4n) is 1.26. The molecule has 0 spiro atoms. The number of carboxylic acids is 1. The van der Waals surface area contributed by atoms with Gasteiger partial charge in [-0.05, 0) is 18.1 Å². The van der Waals surface area contributed by atoms with E-state index in [0.717, 1.165) is 6.42 Å². The van der Waals surface area contributed by atoms with Gasteiger partial charge in [-0.15, -0.1) is 0 Å². The number of rotatable bonds is 5. The summed E-state index contributed by atoms with van der Waals surface area (Å²) in [4.78, 5) is 22.6. The van der Waals surface area contributed by atoms with Gasteiger partial charge in [0.1, 0.15) is 0 Å². The average Bonchev–Trinajstić information content (AvgIpc) is 2.35. The first kappa shape index (κ1) is 13.2. The van der Waals surface area contributed by atoms with Crippen molar-refractivity contribution in [2.75, 3.05) is 6.61 Å². The maximum Gasteiger partial charge on any atom is 0.339 e. The SMILES string of the molecule is CCC(C)COC(=O)c1ccccc1C(=O)O. The van der Waals surface area contributed by atoms with E-state index in [2.05, 4.69) is 0 Å². The number of carbonyl (C=O) groups excluding carboxylic acids is 1. The highest BCUT2D eigenvalue weighted by atomic mass is 16.5. The summed E-state index contributed by atoms with van der Waals surface area (Å²) in [6.45, 7) is 4.28. The van der Waals surface area contributed by atoms with Crippen LogP contribution in [0.5, 0.6) is 0 Å². The summed E-state index contributed by atoms with van der Waals surface area (Å²) in [6, 6.07) is 6.05. The van der Waals surface area contributed by atoms with Crippen molar-refractivity contribution in [1.82, 2.24) is 0 Å². The molecule has 4 nitrogen and oxygen atoms in total. The molecular weight excluding hydrogens is 220 g/mol. The first-order chi connectivity index (χ1) is 8.06. The van der Waals surface area contributed by atoms with Crippen LogP contribution >= 0.6 is 0 Å². The topological polar surface area (TPSA) is 63.6 Å². The third-order valence-electron chi connectivity index (χ3n) is 2.57. The van der Waals surface area contributed by atoms with Crippen LogP contribution < -0.4 is 0 Å². The Hall–Kier alpha value is -1.84. The van der Waals surface area contributed by atoms with E-state index in [1.807, 2.05) is 13.8 Å². The minimum absolute atomic E-state index is 0.0262. The summed E-state index contributed by atoms with van der Waals surface area (Å²) in [6.07, 6.45) is 0.911. The Balaban J connectivity index is 2.78. The van der Waals surface area contributed by atoms with E-state index >= 15 is 0 Å². The second-order valence-corrected chi connectivity index (χ2v) is 3.96. The van der Waals surface area contributed by atoms with Crippen molar-refractivity contribution >= 4 is 11.9 Å². The fraction of sp³-hybridized carbons (Fsp3) is 0.385. The maximum absolute atomic E-state index is 11.7. The highest BCUT2D eigenvalue weighted by molar-refractivity contribution is 6.02. The number of hydrogen-bond acceptors (Lipinski definition) is 3. The Morgan fingerprint density at radius 3 is 2.41 bits per heavy atom. The molecule has 1 atom stereocenters. The van der Waals surface area contributed by atoms with Crippen LogP contribution in [0.3, 0.4) is 0 Å². The van der Waals surface area contributed by atoms with Gasteiger partial charge < -0.3 is 9.84 Å². The molecular formula is C13H16O4. The maximum atomic E-state index is 11.7. The molecule has 92 valence electrons. The summed E-state index contributed by atoms with van der Waals surface area (Å²) in [5.74, 6) is -1.43. The standard InChI is InChI=1S/C13H16O4/c1-3-9(2)8-17-13(16)11-7-5-4-6-10(11)12(14)15/h4-7,9H,3,8H2,1-2H3,(H,14,15). The number of benzene rings is 1. The van der Waals surface area contributed by atoms with Gasteiger partial charge in [0.2, 0.25) is 0 Å². The largest absolute Gasteiger partial charge is 0.478 e. The van der Waals surface area contributed by atoms with E-state index in [0.29, 0.717) is 6.61 Å². The van der Waals surface area contributed by atoms with Crippen molar-refractivity contribution in [2.45, 2.75) is 20.3 Å². The summed E-state index contributed by atoms with van der Waals surface area (Å²) in [5.41, 5.74) is 0.0740. The van der Waals surface area contributed by atoms with Crippen molar-refractivity contribution in [1.29, 1.82) is 0 Å². The number of aromatic carboxylic acids is 1. The molecule has 1 aromatic rings. The first-order valence-electron chi connectivity index (χ1n) is 5.55. The lowest BCUT2D eigenvalue weighted by molar-refractivity contribution is 0.0439. The zero-order chi connectivity index (χ0) is 12.8. The minimum atomic E-state index is -1.12. The molecule has 0 aliphatic carbocycles. The van der Waals surface area contributed by atoms with E-state index in [-0.39, 0.29) is 17.0 Å². The molecule has 17 heavy (non-hydrogen) atoms. The first-order valence-corrected chi connectivity index (χ1v) is 5.55. The van der Waals surface area contributed by atoms with Gasteiger partial charge in [-0.2, -0.15) is 0 Å². The van der Waals surface area contributed by atoms with Crippen LogP contribution in [0.15, 0.2) is 24.3 Å². The van der Waals surface area contributed by atoms with E-state index in [1.54, 1.807) is 12.1 Å². The Morgan fingerprint density at radius 1 is 1.29 bits per heavy atom. The number of esters is 1. The quantitative estimate of drug-likeness (QED) is 0.798. The summed E-state index contributed by atoms with van der Waals surface area (Å²) < 4.78 is 5.07. The Morgan fingerprint density at radius 2 is 1.88 bits per heavy atom. The van der Waals surface area contributed by atoms with Crippen molar-refractivity contribution in [3.8, 4) is 0 Å². The van der Waals surface area contributed by atoms with Crippen molar-refractivity contribution in [2.24, 2.45) is 5.92 Å². The van der Waals surface area contributed by atoms with Crippen molar-refractivity contribution < 1.29 is 19.4 Å². The molecule has 0 heterocycles. The molecule has 0 fully saturated rings. The van der Waals surface area contributed by atoms with Gasteiger partial charge in [0.25, 0.3) is 0 Å². The van der Waals surface area contributed by atoms with E-state index in [1.165, 1.54) is 12.1 Å². The van der Waals surface area contributed by atoms with Crippen LogP contribution in [0.1, 0.15) is 41.0 Å². The molecule has 1 rings (SSSR count). The van der Waals surface area contributed by atoms with Crippen LogP contribution in [0, 0.1) is 5.92 Å². The molecule has 0 saturated carbocycles. The number of carbonyl (C=O) groups is 2. The average molecular weight is 236 g/mol. The van der Waals surface area contributed by atoms with Gasteiger partial charge >= 0.3 is 11.9 Å². The molecule has 0 amide bonds. The normalized spacial score (nSPS) is 11.9. The number of ether oxygens (including phenoxy) is 1. The second-order valence-electron chi connectivity index (χ2n) is 3.96. The van der Waals surface area contributed by atoms with Gasteiger partial charge in [-0.1, -0.05) is 32.4 Å². The molecule has 0 aliphatic rings. The Bertz CT molecular complexity index is 412. The van der Waals surface area contributed by atoms with Gasteiger partial charge in [0.15, 0.2) is 0 Å². The predicted octanol–water partition coefficient (Wildman–Crippen LogP) is 2.59. The fourth-order valence-corrected chi connectivity index (χ4v) is 1.26. The zero-order valence-electron chi connectivity index (χ0n) is 9.97. The minimum Gasteiger partial charge on any atom is -0.478 e. The monoisotopic (exact) mass is 236 g/mol. The summed E-state index contributed by atoms with van der Waals surface area (Å²) >= 11 is 0. The lowest BCUT2D eigenvalue weighted by Gasteiger charge is -2.10. The molecule has 0 bridgehead atoms. The molecule has 4 heteroatoms. The van der Waals surface area contributed by atoms with Gasteiger partial charge in [0.05, 0.1) is 17.7 Å².